The molecule has 0 aliphatic rings. The summed E-state index contributed by atoms with van der Waals surface area (Å²) < 4.78 is 0. The molecule has 16 heavy (non-hydrogen) atoms. The predicted molar refractivity (Wildman–Crippen MR) is 47.8 cm³/mol. The van der Waals surface area contributed by atoms with Gasteiger partial charge in [-0.1, -0.05) is 0 Å². The number of hydrogen-bond acceptors (Lipinski definition) is 7. The number of non-ortho nitro benzene ring substituents is 1. The van der Waals surface area contributed by atoms with Crippen molar-refractivity contribution in [2.24, 2.45) is 0 Å². The van der Waals surface area contributed by atoms with Crippen molar-refractivity contribution in [2.45, 2.75) is 0 Å². The molecule has 9 nitrogen and oxygen atoms in total. The minimum Gasteiger partial charge on any atom is -0.295 e. The van der Waals surface area contributed by atoms with Gasteiger partial charge in [-0.05, 0) is 6.07 Å². The molecule has 0 bridgehead atoms. The molecule has 1 aromatic carbocycles. The summed E-state index contributed by atoms with van der Waals surface area (Å²) in [4.78, 5) is 33.2. The molecular formula is C7H4N2O7. The lowest BCUT2D eigenvalue weighted by Crippen LogP contribution is -2.06. The molecule has 0 saturated carbocycles. The Labute approximate surface area is 87.1 Å². The monoisotopic (exact) mass is 228 g/mol. The lowest BCUT2D eigenvalue weighted by atomic mass is 10.1. The Balaban J connectivity index is 3.36. The van der Waals surface area contributed by atoms with E-state index in [4.69, 9.17) is 5.26 Å². The van der Waals surface area contributed by atoms with Crippen molar-refractivity contribution in [3.63, 3.8) is 0 Å². The lowest BCUT2D eigenvalue weighted by Gasteiger charge is -1.98. The van der Waals surface area contributed by atoms with E-state index in [9.17, 15) is 25.0 Å². The highest BCUT2D eigenvalue weighted by molar-refractivity contribution is 5.93. The molecule has 1 N–H and O–H groups in total. The van der Waals surface area contributed by atoms with Crippen LogP contribution in [-0.2, 0) is 4.89 Å². The van der Waals surface area contributed by atoms with Crippen LogP contribution in [0.15, 0.2) is 18.2 Å². The molecule has 0 heterocycles. The Kier molecular flexibility index (Phi) is 3.11. The maximum Gasteiger partial charge on any atom is 0.379 e. The van der Waals surface area contributed by atoms with Crippen LogP contribution in [0.3, 0.4) is 0 Å². The SMILES string of the molecule is O=C(OO)c1ccc([N+](=O)[O-])cc1[N+](=O)[O-]. The van der Waals surface area contributed by atoms with Crippen LogP contribution in [0.5, 0.6) is 0 Å². The number of nitrogens with zero attached hydrogens (tertiary/aromatic N) is 2. The molecule has 0 spiro atoms. The smallest absolute Gasteiger partial charge is 0.295 e. The van der Waals surface area contributed by atoms with Gasteiger partial charge in [-0.15, -0.1) is 0 Å². The number of nitro groups is 2. The van der Waals surface area contributed by atoms with Gasteiger partial charge in [0.25, 0.3) is 11.4 Å². The molecule has 84 valence electrons. The third-order valence-corrected chi connectivity index (χ3v) is 1.69. The fraction of sp³-hybridized carbons (Fsp3) is 0. The first-order valence-electron chi connectivity index (χ1n) is 3.76. The zero-order chi connectivity index (χ0) is 12.3. The summed E-state index contributed by atoms with van der Waals surface area (Å²) in [6.07, 6.45) is 0. The number of carbonyl (C=O) groups excluding carboxylic acids is 1. The van der Waals surface area contributed by atoms with Gasteiger partial charge in [0.05, 0.1) is 15.9 Å². The second-order valence-corrected chi connectivity index (χ2v) is 2.59. The van der Waals surface area contributed by atoms with Gasteiger partial charge in [0.1, 0.15) is 5.56 Å². The highest BCUT2D eigenvalue weighted by Crippen LogP contribution is 2.24. The number of hydrogen-bond donors (Lipinski definition) is 1. The minimum atomic E-state index is -1.36. The topological polar surface area (TPSA) is 133 Å². The van der Waals surface area contributed by atoms with E-state index in [0.717, 1.165) is 12.1 Å². The third kappa shape index (κ3) is 2.09. The fourth-order valence-corrected chi connectivity index (χ4v) is 1.01. The molecule has 0 saturated heterocycles. The molecule has 0 radical (unpaired) electrons. The van der Waals surface area contributed by atoms with Gasteiger partial charge in [-0.3, -0.25) is 25.1 Å². The van der Waals surface area contributed by atoms with Crippen LogP contribution in [0.25, 0.3) is 0 Å². The van der Waals surface area contributed by atoms with Crippen molar-refractivity contribution in [3.05, 3.63) is 44.0 Å². The molecular weight excluding hydrogens is 224 g/mol. The average molecular weight is 228 g/mol. The standard InChI is InChI=1S/C7H4N2O7/c10-7(16-15)5-2-1-4(8(11)12)3-6(5)9(13)14/h1-3,15H. The van der Waals surface area contributed by atoms with E-state index in [2.05, 4.69) is 4.89 Å². The Morgan fingerprint density at radius 2 is 1.88 bits per heavy atom. The van der Waals surface area contributed by atoms with E-state index in [1.807, 2.05) is 0 Å². The summed E-state index contributed by atoms with van der Waals surface area (Å²) in [5.74, 6) is -1.36. The third-order valence-electron chi connectivity index (χ3n) is 1.69. The Bertz CT molecular complexity index is 470. The van der Waals surface area contributed by atoms with Gasteiger partial charge >= 0.3 is 5.97 Å². The van der Waals surface area contributed by atoms with Crippen molar-refractivity contribution >= 4 is 17.3 Å². The number of carbonyl (C=O) groups is 1. The molecule has 0 unspecified atom stereocenters. The summed E-state index contributed by atoms with van der Waals surface area (Å²) in [6.45, 7) is 0. The fourth-order valence-electron chi connectivity index (χ4n) is 1.01. The van der Waals surface area contributed by atoms with Crippen LogP contribution >= 0.6 is 0 Å². The summed E-state index contributed by atoms with van der Waals surface area (Å²) in [6, 6.07) is 2.32. The number of rotatable bonds is 3. The molecule has 0 aromatic heterocycles. The van der Waals surface area contributed by atoms with E-state index >= 15 is 0 Å². The van der Waals surface area contributed by atoms with E-state index in [1.54, 1.807) is 0 Å². The van der Waals surface area contributed by atoms with E-state index < -0.39 is 32.8 Å². The molecule has 0 aliphatic heterocycles. The van der Waals surface area contributed by atoms with Crippen molar-refractivity contribution in [1.29, 1.82) is 0 Å². The first kappa shape index (κ1) is 11.5. The molecule has 0 fully saturated rings. The summed E-state index contributed by atoms with van der Waals surface area (Å²) in [5, 5.41) is 28.9. The Morgan fingerprint density at radius 3 is 2.31 bits per heavy atom. The molecule has 0 atom stereocenters. The maximum atomic E-state index is 10.9. The van der Waals surface area contributed by atoms with E-state index in [0.29, 0.717) is 6.07 Å². The first-order chi connectivity index (χ1) is 7.47. The van der Waals surface area contributed by atoms with E-state index in [1.165, 1.54) is 0 Å². The molecule has 1 aromatic rings. The van der Waals surface area contributed by atoms with Crippen LogP contribution in [0.1, 0.15) is 10.4 Å². The van der Waals surface area contributed by atoms with Crippen molar-refractivity contribution in [1.82, 2.24) is 0 Å². The lowest BCUT2D eigenvalue weighted by molar-refractivity contribution is -0.394. The molecule has 1 rings (SSSR count). The summed E-state index contributed by atoms with van der Waals surface area (Å²) >= 11 is 0. The predicted octanol–water partition coefficient (Wildman–Crippen LogP) is 1.13. The highest BCUT2D eigenvalue weighted by atomic mass is 17.1. The normalized spacial score (nSPS) is 9.56. The number of benzene rings is 1. The van der Waals surface area contributed by atoms with Gasteiger partial charge < -0.3 is 0 Å². The summed E-state index contributed by atoms with van der Waals surface area (Å²) in [5.41, 5.74) is -1.92. The highest BCUT2D eigenvalue weighted by Gasteiger charge is 2.25. The second kappa shape index (κ2) is 4.31. The van der Waals surface area contributed by atoms with Gasteiger partial charge in [0.15, 0.2) is 0 Å². The zero-order valence-electron chi connectivity index (χ0n) is 7.52. The van der Waals surface area contributed by atoms with Crippen LogP contribution in [0, 0.1) is 20.2 Å². The van der Waals surface area contributed by atoms with Crippen LogP contribution in [-0.4, -0.2) is 21.1 Å². The molecule has 9 heteroatoms. The van der Waals surface area contributed by atoms with E-state index in [-0.39, 0.29) is 0 Å². The average Bonchev–Trinajstić information content (AvgIpc) is 2.26. The van der Waals surface area contributed by atoms with Crippen LogP contribution < -0.4 is 0 Å². The van der Waals surface area contributed by atoms with Crippen molar-refractivity contribution < 1.29 is 24.8 Å². The quantitative estimate of drug-likeness (QED) is 0.465. The maximum absolute atomic E-state index is 10.9. The van der Waals surface area contributed by atoms with Gasteiger partial charge in [-0.2, -0.15) is 5.26 Å². The van der Waals surface area contributed by atoms with Crippen molar-refractivity contribution in [2.75, 3.05) is 0 Å². The Morgan fingerprint density at radius 1 is 1.25 bits per heavy atom. The van der Waals surface area contributed by atoms with Crippen LogP contribution in [0.2, 0.25) is 0 Å². The molecule has 0 amide bonds. The van der Waals surface area contributed by atoms with Gasteiger partial charge in [0, 0.05) is 6.07 Å². The van der Waals surface area contributed by atoms with Gasteiger partial charge in [-0.25, -0.2) is 4.79 Å². The van der Waals surface area contributed by atoms with Crippen molar-refractivity contribution in [3.8, 4) is 0 Å². The van der Waals surface area contributed by atoms with Gasteiger partial charge in [0.2, 0.25) is 0 Å². The zero-order valence-corrected chi connectivity index (χ0v) is 7.52. The molecule has 0 aliphatic carbocycles. The largest absolute Gasteiger partial charge is 0.379 e. The van der Waals surface area contributed by atoms with Crippen LogP contribution in [0.4, 0.5) is 11.4 Å². The minimum absolute atomic E-state index is 0.541. The number of nitro benzene ring substituents is 2. The second-order valence-electron chi connectivity index (χ2n) is 2.59. The Hall–Kier alpha value is -2.55. The first-order valence-corrected chi connectivity index (χ1v) is 3.76. The summed E-state index contributed by atoms with van der Waals surface area (Å²) in [7, 11) is 0.